The molecule has 0 fully saturated rings. The molecule has 1 aromatic rings. The number of aliphatic carboxylic acids is 1. The van der Waals surface area contributed by atoms with Crippen molar-refractivity contribution in [1.82, 2.24) is 20.9 Å². The minimum Gasteiger partial charge on any atom is -0.480 e. The van der Waals surface area contributed by atoms with Crippen LogP contribution in [-0.2, 0) is 16.1 Å². The van der Waals surface area contributed by atoms with Crippen LogP contribution < -0.4 is 16.0 Å². The summed E-state index contributed by atoms with van der Waals surface area (Å²) in [6.45, 7) is 1.39. The third-order valence-electron chi connectivity index (χ3n) is 2.27. The first-order valence-electron chi connectivity index (χ1n) is 5.89. The van der Waals surface area contributed by atoms with E-state index in [1.165, 1.54) is 0 Å². The van der Waals surface area contributed by atoms with Gasteiger partial charge in [-0.2, -0.15) is 0 Å². The number of carbonyl (C=O) groups excluding carboxylic acids is 2. The van der Waals surface area contributed by atoms with Crippen molar-refractivity contribution in [2.24, 2.45) is 0 Å². The van der Waals surface area contributed by atoms with Gasteiger partial charge in [0.25, 0.3) is 0 Å². The summed E-state index contributed by atoms with van der Waals surface area (Å²) in [7, 11) is 0. The molecule has 0 unspecified atom stereocenters. The Labute approximate surface area is 115 Å². The lowest BCUT2D eigenvalue weighted by Crippen LogP contribution is -2.42. The number of nitrogens with zero attached hydrogens (tertiary/aromatic N) is 1. The number of amides is 3. The molecule has 0 aromatic carbocycles. The van der Waals surface area contributed by atoms with E-state index >= 15 is 0 Å². The van der Waals surface area contributed by atoms with Crippen LogP contribution in [0.4, 0.5) is 4.79 Å². The number of aryl methyl sites for hydroxylation is 1. The van der Waals surface area contributed by atoms with Gasteiger partial charge >= 0.3 is 12.0 Å². The largest absolute Gasteiger partial charge is 0.480 e. The summed E-state index contributed by atoms with van der Waals surface area (Å²) in [6, 6.07) is 3.15. The molecule has 0 aliphatic heterocycles. The fraction of sp³-hybridized carbons (Fsp3) is 0.333. The Morgan fingerprint density at radius 1 is 1.15 bits per heavy atom. The van der Waals surface area contributed by atoms with Crippen molar-refractivity contribution in [3.8, 4) is 0 Å². The molecule has 4 N–H and O–H groups in total. The number of carbonyl (C=O) groups is 3. The number of hydrogen-bond donors (Lipinski definition) is 4. The van der Waals surface area contributed by atoms with Crippen LogP contribution in [0, 0.1) is 6.92 Å². The molecule has 1 aromatic heterocycles. The summed E-state index contributed by atoms with van der Waals surface area (Å²) < 4.78 is 0. The van der Waals surface area contributed by atoms with Crippen LogP contribution in [-0.4, -0.2) is 41.1 Å². The first kappa shape index (κ1) is 15.4. The third kappa shape index (κ3) is 6.34. The normalized spacial score (nSPS) is 9.65. The number of urea groups is 1. The maximum Gasteiger partial charge on any atom is 0.322 e. The zero-order chi connectivity index (χ0) is 15.0. The molecule has 0 saturated carbocycles. The molecule has 0 spiro atoms. The van der Waals surface area contributed by atoms with E-state index in [0.29, 0.717) is 0 Å². The van der Waals surface area contributed by atoms with E-state index in [0.717, 1.165) is 11.3 Å². The maximum absolute atomic E-state index is 11.4. The average Bonchev–Trinajstić information content (AvgIpc) is 2.42. The fourth-order valence-electron chi connectivity index (χ4n) is 1.25. The molecule has 0 saturated heterocycles. The predicted octanol–water partition coefficient (Wildman–Crippen LogP) is -0.610. The van der Waals surface area contributed by atoms with E-state index < -0.39 is 24.5 Å². The predicted molar refractivity (Wildman–Crippen MR) is 69.9 cm³/mol. The van der Waals surface area contributed by atoms with Crippen LogP contribution in [0.5, 0.6) is 0 Å². The Morgan fingerprint density at radius 2 is 1.90 bits per heavy atom. The smallest absolute Gasteiger partial charge is 0.322 e. The second kappa shape index (κ2) is 7.72. The quantitative estimate of drug-likeness (QED) is 0.554. The van der Waals surface area contributed by atoms with Crippen molar-refractivity contribution in [3.63, 3.8) is 0 Å². The van der Waals surface area contributed by atoms with Crippen LogP contribution in [0.25, 0.3) is 0 Å². The molecular formula is C12H16N4O4. The number of pyridine rings is 1. The Bertz CT molecular complexity index is 487. The van der Waals surface area contributed by atoms with Crippen LogP contribution in [0.1, 0.15) is 11.3 Å². The van der Waals surface area contributed by atoms with Crippen LogP contribution in [0.15, 0.2) is 18.3 Å². The average molecular weight is 280 g/mol. The summed E-state index contributed by atoms with van der Waals surface area (Å²) in [6.07, 6.45) is 1.65. The summed E-state index contributed by atoms with van der Waals surface area (Å²) in [5.74, 6) is -1.71. The topological polar surface area (TPSA) is 120 Å². The molecule has 0 aliphatic rings. The lowest BCUT2D eigenvalue weighted by atomic mass is 10.2. The first-order valence-corrected chi connectivity index (χ1v) is 5.89. The summed E-state index contributed by atoms with van der Waals surface area (Å²) in [4.78, 5) is 36.8. The number of aromatic nitrogens is 1. The maximum atomic E-state index is 11.4. The molecule has 1 heterocycles. The van der Waals surface area contributed by atoms with Gasteiger partial charge < -0.3 is 21.1 Å². The van der Waals surface area contributed by atoms with Gasteiger partial charge in [-0.3, -0.25) is 14.6 Å². The Hall–Kier alpha value is -2.64. The van der Waals surface area contributed by atoms with Gasteiger partial charge in [0, 0.05) is 18.4 Å². The Kier molecular flexibility index (Phi) is 5.95. The van der Waals surface area contributed by atoms with Gasteiger partial charge in [-0.25, -0.2) is 4.79 Å². The van der Waals surface area contributed by atoms with Crippen molar-refractivity contribution < 1.29 is 19.5 Å². The number of carboxylic acids is 1. The highest BCUT2D eigenvalue weighted by Gasteiger charge is 2.06. The summed E-state index contributed by atoms with van der Waals surface area (Å²) in [5.41, 5.74) is 1.72. The highest BCUT2D eigenvalue weighted by atomic mass is 16.4. The molecule has 0 bridgehead atoms. The number of carboxylic acid groups (broad SMARTS) is 1. The van der Waals surface area contributed by atoms with Gasteiger partial charge in [0.2, 0.25) is 5.91 Å². The van der Waals surface area contributed by atoms with Gasteiger partial charge in [0.05, 0.1) is 6.54 Å². The Balaban J connectivity index is 2.21. The molecule has 0 atom stereocenters. The highest BCUT2D eigenvalue weighted by molar-refractivity contribution is 5.86. The van der Waals surface area contributed by atoms with E-state index in [2.05, 4.69) is 20.9 Å². The summed E-state index contributed by atoms with van der Waals surface area (Å²) in [5, 5.41) is 15.3. The minimum absolute atomic E-state index is 0.286. The van der Waals surface area contributed by atoms with E-state index in [-0.39, 0.29) is 13.1 Å². The van der Waals surface area contributed by atoms with Crippen molar-refractivity contribution in [1.29, 1.82) is 0 Å². The number of nitrogens with one attached hydrogen (secondary N) is 3. The van der Waals surface area contributed by atoms with Gasteiger partial charge in [-0.15, -0.1) is 0 Å². The molecule has 8 nitrogen and oxygen atoms in total. The lowest BCUT2D eigenvalue weighted by molar-refractivity contribution is -0.137. The molecule has 8 heteroatoms. The summed E-state index contributed by atoms with van der Waals surface area (Å²) >= 11 is 0. The van der Waals surface area contributed by atoms with Crippen molar-refractivity contribution in [3.05, 3.63) is 29.6 Å². The van der Waals surface area contributed by atoms with Crippen molar-refractivity contribution in [2.75, 3.05) is 13.1 Å². The number of rotatable bonds is 6. The first-order chi connectivity index (χ1) is 9.47. The van der Waals surface area contributed by atoms with E-state index in [1.54, 1.807) is 6.20 Å². The molecule has 20 heavy (non-hydrogen) atoms. The molecular weight excluding hydrogens is 264 g/mol. The second-order valence-electron chi connectivity index (χ2n) is 4.01. The van der Waals surface area contributed by atoms with E-state index in [9.17, 15) is 14.4 Å². The molecule has 0 aliphatic carbocycles. The van der Waals surface area contributed by atoms with Crippen LogP contribution >= 0.6 is 0 Å². The third-order valence-corrected chi connectivity index (χ3v) is 2.27. The Morgan fingerprint density at radius 3 is 2.50 bits per heavy atom. The fourth-order valence-corrected chi connectivity index (χ4v) is 1.25. The minimum atomic E-state index is -1.14. The van der Waals surface area contributed by atoms with Gasteiger partial charge in [-0.05, 0) is 18.6 Å². The van der Waals surface area contributed by atoms with Gasteiger partial charge in [0.15, 0.2) is 0 Å². The molecule has 1 rings (SSSR count). The number of hydrogen-bond acceptors (Lipinski definition) is 4. The SMILES string of the molecule is Cc1ccc(CNC(=O)NCC(=O)NCC(=O)O)cn1. The highest BCUT2D eigenvalue weighted by Crippen LogP contribution is 1.98. The second-order valence-corrected chi connectivity index (χ2v) is 4.01. The lowest BCUT2D eigenvalue weighted by Gasteiger charge is -2.07. The van der Waals surface area contributed by atoms with Crippen molar-refractivity contribution >= 4 is 17.9 Å². The van der Waals surface area contributed by atoms with Gasteiger partial charge in [-0.1, -0.05) is 6.07 Å². The zero-order valence-electron chi connectivity index (χ0n) is 11.0. The van der Waals surface area contributed by atoms with E-state index in [4.69, 9.17) is 5.11 Å². The zero-order valence-corrected chi connectivity index (χ0v) is 11.0. The van der Waals surface area contributed by atoms with Crippen LogP contribution in [0.2, 0.25) is 0 Å². The monoisotopic (exact) mass is 280 g/mol. The molecule has 0 radical (unpaired) electrons. The standard InChI is InChI=1S/C12H16N4O4/c1-8-2-3-9(4-13-8)5-15-12(20)16-6-10(17)14-7-11(18)19/h2-4H,5-7H2,1H3,(H,14,17)(H,18,19)(H2,15,16,20). The van der Waals surface area contributed by atoms with Gasteiger partial charge in [0.1, 0.15) is 6.54 Å². The molecule has 3 amide bonds. The van der Waals surface area contributed by atoms with E-state index in [1.807, 2.05) is 19.1 Å². The van der Waals surface area contributed by atoms with Crippen LogP contribution in [0.3, 0.4) is 0 Å². The molecule has 108 valence electrons. The van der Waals surface area contributed by atoms with Crippen molar-refractivity contribution in [2.45, 2.75) is 13.5 Å².